The molecule has 2 rings (SSSR count). The number of carbonyl (C=O) groups excluding carboxylic acids is 1. The van der Waals surface area contributed by atoms with Crippen molar-refractivity contribution in [1.29, 1.82) is 0 Å². The molecule has 1 aromatic carbocycles. The van der Waals surface area contributed by atoms with Crippen LogP contribution in [0.1, 0.15) is 39.0 Å². The maximum atomic E-state index is 11.9. The number of carbonyl (C=O) groups is 1. The van der Waals surface area contributed by atoms with Gasteiger partial charge in [0.2, 0.25) is 5.91 Å². The summed E-state index contributed by atoms with van der Waals surface area (Å²) in [4.78, 5) is 14.4. The van der Waals surface area contributed by atoms with Crippen LogP contribution in [-0.2, 0) is 4.79 Å². The number of nitrogens with one attached hydrogen (secondary N) is 1. The minimum absolute atomic E-state index is 0.0519. The Morgan fingerprint density at radius 3 is 2.95 bits per heavy atom. The molecule has 4 nitrogen and oxygen atoms in total. The van der Waals surface area contributed by atoms with Crippen molar-refractivity contribution in [2.45, 2.75) is 39.0 Å². The highest BCUT2D eigenvalue weighted by atomic mass is 16.1. The first-order valence-electron chi connectivity index (χ1n) is 8.02. The molecule has 1 amide bonds. The largest absolute Gasteiger partial charge is 0.397 e. The third-order valence-corrected chi connectivity index (χ3v) is 4.22. The average molecular weight is 289 g/mol. The molecule has 116 valence electrons. The van der Waals surface area contributed by atoms with E-state index in [9.17, 15) is 4.79 Å². The number of anilines is 2. The van der Waals surface area contributed by atoms with Gasteiger partial charge in [0.1, 0.15) is 0 Å². The van der Waals surface area contributed by atoms with E-state index < -0.39 is 0 Å². The maximum Gasteiger partial charge on any atom is 0.224 e. The summed E-state index contributed by atoms with van der Waals surface area (Å²) in [5.74, 6) is 0.899. The van der Waals surface area contributed by atoms with Crippen LogP contribution in [0.25, 0.3) is 0 Å². The monoisotopic (exact) mass is 289 g/mol. The van der Waals surface area contributed by atoms with Crippen molar-refractivity contribution in [3.05, 3.63) is 24.3 Å². The first-order chi connectivity index (χ1) is 10.1. The molecule has 1 heterocycles. The number of nitrogens with two attached hydrogens (primary N) is 1. The Morgan fingerprint density at radius 1 is 1.33 bits per heavy atom. The van der Waals surface area contributed by atoms with E-state index >= 15 is 0 Å². The van der Waals surface area contributed by atoms with Crippen molar-refractivity contribution in [2.75, 3.05) is 30.7 Å². The predicted molar refractivity (Wildman–Crippen MR) is 88.2 cm³/mol. The molecule has 1 unspecified atom stereocenters. The van der Waals surface area contributed by atoms with Crippen LogP contribution in [-0.4, -0.2) is 30.4 Å². The summed E-state index contributed by atoms with van der Waals surface area (Å²) in [7, 11) is 0. The fraction of sp³-hybridized carbons (Fsp3) is 0.588. The molecule has 0 radical (unpaired) electrons. The van der Waals surface area contributed by atoms with Crippen molar-refractivity contribution in [1.82, 2.24) is 4.90 Å². The molecule has 1 aliphatic rings. The Bertz CT molecular complexity index is 461. The molecule has 3 N–H and O–H groups in total. The van der Waals surface area contributed by atoms with Gasteiger partial charge in [-0.05, 0) is 63.4 Å². The summed E-state index contributed by atoms with van der Waals surface area (Å²) in [5.41, 5.74) is 7.15. The SMILES string of the molecule is CC1CCCN(CCCC(=O)Nc2ccccc2N)CC1. The summed E-state index contributed by atoms with van der Waals surface area (Å²) in [6, 6.07) is 7.38. The first-order valence-corrected chi connectivity index (χ1v) is 8.02. The topological polar surface area (TPSA) is 58.4 Å². The smallest absolute Gasteiger partial charge is 0.224 e. The maximum absolute atomic E-state index is 11.9. The number of hydrogen-bond donors (Lipinski definition) is 2. The third-order valence-electron chi connectivity index (χ3n) is 4.22. The second-order valence-electron chi connectivity index (χ2n) is 6.12. The number of rotatable bonds is 5. The molecule has 0 saturated carbocycles. The minimum atomic E-state index is 0.0519. The Kier molecular flexibility index (Phi) is 6.05. The van der Waals surface area contributed by atoms with Crippen molar-refractivity contribution >= 4 is 17.3 Å². The van der Waals surface area contributed by atoms with Crippen LogP contribution in [0.15, 0.2) is 24.3 Å². The highest BCUT2D eigenvalue weighted by Crippen LogP contribution is 2.18. The molecule has 4 heteroatoms. The lowest BCUT2D eigenvalue weighted by Crippen LogP contribution is -2.27. The number of para-hydroxylation sites is 2. The Morgan fingerprint density at radius 2 is 2.14 bits per heavy atom. The average Bonchev–Trinajstić information content (AvgIpc) is 2.66. The van der Waals surface area contributed by atoms with Crippen LogP contribution in [0.4, 0.5) is 11.4 Å². The van der Waals surface area contributed by atoms with Crippen LogP contribution in [0.3, 0.4) is 0 Å². The van der Waals surface area contributed by atoms with E-state index in [0.717, 1.165) is 18.9 Å². The molecular weight excluding hydrogens is 262 g/mol. The van der Waals surface area contributed by atoms with E-state index in [1.807, 2.05) is 18.2 Å². The highest BCUT2D eigenvalue weighted by molar-refractivity contribution is 5.93. The number of benzene rings is 1. The molecule has 1 aromatic rings. The van der Waals surface area contributed by atoms with Crippen molar-refractivity contribution in [3.63, 3.8) is 0 Å². The number of nitrogen functional groups attached to an aromatic ring is 1. The molecule has 1 aliphatic heterocycles. The fourth-order valence-electron chi connectivity index (χ4n) is 2.83. The van der Waals surface area contributed by atoms with Gasteiger partial charge in [-0.1, -0.05) is 19.1 Å². The highest BCUT2D eigenvalue weighted by Gasteiger charge is 2.13. The summed E-state index contributed by atoms with van der Waals surface area (Å²) in [6.45, 7) is 5.71. The molecule has 1 atom stereocenters. The number of nitrogens with zero attached hydrogens (tertiary/aromatic N) is 1. The van der Waals surface area contributed by atoms with Gasteiger partial charge in [0.25, 0.3) is 0 Å². The lowest BCUT2D eigenvalue weighted by atomic mass is 10.0. The van der Waals surface area contributed by atoms with Gasteiger partial charge in [0.15, 0.2) is 0 Å². The second-order valence-corrected chi connectivity index (χ2v) is 6.12. The molecule has 0 aliphatic carbocycles. The molecule has 0 aromatic heterocycles. The van der Waals surface area contributed by atoms with Gasteiger partial charge < -0.3 is 16.0 Å². The summed E-state index contributed by atoms with van der Waals surface area (Å²) in [5, 5.41) is 2.88. The summed E-state index contributed by atoms with van der Waals surface area (Å²) < 4.78 is 0. The van der Waals surface area contributed by atoms with E-state index in [-0.39, 0.29) is 5.91 Å². The number of amides is 1. The van der Waals surface area contributed by atoms with E-state index in [1.165, 1.54) is 32.4 Å². The van der Waals surface area contributed by atoms with Gasteiger partial charge in [0, 0.05) is 6.42 Å². The quantitative estimate of drug-likeness (QED) is 0.819. The molecule has 0 spiro atoms. The van der Waals surface area contributed by atoms with E-state index in [4.69, 9.17) is 5.73 Å². The van der Waals surface area contributed by atoms with Gasteiger partial charge in [-0.15, -0.1) is 0 Å². The normalized spacial score (nSPS) is 20.0. The number of hydrogen-bond acceptors (Lipinski definition) is 3. The van der Waals surface area contributed by atoms with Crippen molar-refractivity contribution in [3.8, 4) is 0 Å². The van der Waals surface area contributed by atoms with Crippen LogP contribution in [0, 0.1) is 5.92 Å². The summed E-state index contributed by atoms with van der Waals surface area (Å²) in [6.07, 6.45) is 5.37. The van der Waals surface area contributed by atoms with Gasteiger partial charge in [-0.2, -0.15) is 0 Å². The Balaban J connectivity index is 1.68. The van der Waals surface area contributed by atoms with Crippen LogP contribution >= 0.6 is 0 Å². The van der Waals surface area contributed by atoms with Gasteiger partial charge in [-0.3, -0.25) is 4.79 Å². The van der Waals surface area contributed by atoms with E-state index in [0.29, 0.717) is 17.8 Å². The molecule has 21 heavy (non-hydrogen) atoms. The standard InChI is InChI=1S/C17H27N3O/c1-14-6-4-11-20(13-10-14)12-5-9-17(21)19-16-8-3-2-7-15(16)18/h2-3,7-8,14H,4-6,9-13,18H2,1H3,(H,19,21). The van der Waals surface area contributed by atoms with Gasteiger partial charge >= 0.3 is 0 Å². The van der Waals surface area contributed by atoms with E-state index in [1.54, 1.807) is 6.07 Å². The van der Waals surface area contributed by atoms with Crippen molar-refractivity contribution < 1.29 is 4.79 Å². The molecule has 0 bridgehead atoms. The Hall–Kier alpha value is -1.55. The van der Waals surface area contributed by atoms with Crippen LogP contribution in [0.2, 0.25) is 0 Å². The predicted octanol–water partition coefficient (Wildman–Crippen LogP) is 3.11. The second kappa shape index (κ2) is 8.03. The van der Waals surface area contributed by atoms with Gasteiger partial charge in [-0.25, -0.2) is 0 Å². The zero-order chi connectivity index (χ0) is 15.1. The van der Waals surface area contributed by atoms with Crippen molar-refractivity contribution in [2.24, 2.45) is 5.92 Å². The number of likely N-dealkylation sites (tertiary alicyclic amines) is 1. The lowest BCUT2D eigenvalue weighted by Gasteiger charge is -2.19. The van der Waals surface area contributed by atoms with E-state index in [2.05, 4.69) is 17.1 Å². The minimum Gasteiger partial charge on any atom is -0.397 e. The van der Waals surface area contributed by atoms with Crippen LogP contribution in [0.5, 0.6) is 0 Å². The summed E-state index contributed by atoms with van der Waals surface area (Å²) >= 11 is 0. The molecule has 1 fully saturated rings. The lowest BCUT2D eigenvalue weighted by molar-refractivity contribution is -0.116. The zero-order valence-electron chi connectivity index (χ0n) is 13.0. The van der Waals surface area contributed by atoms with Gasteiger partial charge in [0.05, 0.1) is 11.4 Å². The first kappa shape index (κ1) is 15.8. The third kappa shape index (κ3) is 5.38. The van der Waals surface area contributed by atoms with Crippen LogP contribution < -0.4 is 11.1 Å². The fourth-order valence-corrected chi connectivity index (χ4v) is 2.83. The zero-order valence-corrected chi connectivity index (χ0v) is 13.0. The Labute approximate surface area is 127 Å². The molecule has 1 saturated heterocycles. The molecular formula is C17H27N3O.